The van der Waals surface area contributed by atoms with Gasteiger partial charge in [0.2, 0.25) is 0 Å². The number of hydrogen-bond donors (Lipinski definition) is 1. The number of rotatable bonds is 6. The fourth-order valence-corrected chi connectivity index (χ4v) is 4.36. The van der Waals surface area contributed by atoms with Crippen molar-refractivity contribution in [3.63, 3.8) is 0 Å². The van der Waals surface area contributed by atoms with Crippen molar-refractivity contribution in [2.45, 2.75) is 13.3 Å². The van der Waals surface area contributed by atoms with Crippen molar-refractivity contribution < 1.29 is 4.49 Å². The van der Waals surface area contributed by atoms with E-state index in [-0.39, 0.29) is 0 Å². The smallest absolute Gasteiger partial charge is 0.330 e. The van der Waals surface area contributed by atoms with E-state index in [9.17, 15) is 0 Å². The Morgan fingerprint density at radius 3 is 2.25 bits per heavy atom. The third-order valence-corrected chi connectivity index (χ3v) is 5.92. The quantitative estimate of drug-likeness (QED) is 0.433. The second-order valence-electron chi connectivity index (χ2n) is 8.15. The molecule has 3 heterocycles. The first-order valence-electron chi connectivity index (χ1n) is 11.0. The highest BCUT2D eigenvalue weighted by Crippen LogP contribution is 2.33. The Labute approximate surface area is 190 Å². The molecule has 0 fully saturated rings. The maximum atomic E-state index is 5.93. The van der Waals surface area contributed by atoms with Crippen molar-refractivity contribution in [2.24, 2.45) is 5.73 Å². The van der Waals surface area contributed by atoms with Crippen LogP contribution in [0.5, 0.6) is 0 Å². The third-order valence-electron chi connectivity index (χ3n) is 5.92. The van der Waals surface area contributed by atoms with E-state index >= 15 is 0 Å². The standard InChI is InChI=1S/C28H26BN3/c1-21-20-25(32-28(21)26(17-18-30)27-8-5-19-31(27)29-32)16-15-24-13-11-23(12-14-24)10-9-22-6-3-2-4-7-22/h2-16,19-20H,17-18,30H2,1H3/q+1/b10-9+,16-15+. The van der Waals surface area contributed by atoms with Gasteiger partial charge in [-0.3, -0.25) is 4.49 Å². The summed E-state index contributed by atoms with van der Waals surface area (Å²) in [6, 6.07) is 21.3. The van der Waals surface area contributed by atoms with Crippen molar-refractivity contribution >= 4 is 43.6 Å². The second-order valence-corrected chi connectivity index (χ2v) is 8.15. The van der Waals surface area contributed by atoms with Gasteiger partial charge in [0.25, 0.3) is 0 Å². The number of nitrogens with two attached hydrogens (primary N) is 1. The lowest BCUT2D eigenvalue weighted by atomic mass is 9.94. The summed E-state index contributed by atoms with van der Waals surface area (Å²) in [5.41, 5.74) is 15.8. The number of hydrogen-bond acceptors (Lipinski definition) is 1. The van der Waals surface area contributed by atoms with Gasteiger partial charge >= 0.3 is 7.55 Å². The van der Waals surface area contributed by atoms with Gasteiger partial charge < -0.3 is 10.2 Å². The van der Waals surface area contributed by atoms with E-state index in [0.29, 0.717) is 6.54 Å². The molecular weight excluding hydrogens is 389 g/mol. The maximum absolute atomic E-state index is 5.93. The molecular formula is C28H26BN3+. The number of aromatic nitrogens is 1. The molecule has 2 aliphatic heterocycles. The fourth-order valence-electron chi connectivity index (χ4n) is 4.36. The predicted octanol–water partition coefficient (Wildman–Crippen LogP) is 5.25. The molecule has 5 rings (SSSR count). The first-order valence-corrected chi connectivity index (χ1v) is 11.0. The summed E-state index contributed by atoms with van der Waals surface area (Å²) in [7, 11) is 2.16. The number of aryl methyl sites for hydroxylation is 1. The lowest BCUT2D eigenvalue weighted by Crippen LogP contribution is -2.30. The highest BCUT2D eigenvalue weighted by atomic mass is 15.1. The molecule has 2 aromatic carbocycles. The van der Waals surface area contributed by atoms with Crippen molar-refractivity contribution in [3.05, 3.63) is 112 Å². The minimum atomic E-state index is 0.640. The zero-order chi connectivity index (χ0) is 21.9. The van der Waals surface area contributed by atoms with Crippen LogP contribution in [0, 0.1) is 6.92 Å². The minimum absolute atomic E-state index is 0.640. The van der Waals surface area contributed by atoms with E-state index in [1.54, 1.807) is 0 Å². The van der Waals surface area contributed by atoms with E-state index < -0.39 is 0 Å². The van der Waals surface area contributed by atoms with Crippen molar-refractivity contribution in [3.8, 4) is 0 Å². The van der Waals surface area contributed by atoms with E-state index in [0.717, 1.165) is 6.42 Å². The summed E-state index contributed by atoms with van der Waals surface area (Å²) < 4.78 is 4.46. The number of allylic oxidation sites excluding steroid dienone is 2. The van der Waals surface area contributed by atoms with Gasteiger partial charge in [0.05, 0.1) is 0 Å². The lowest BCUT2D eigenvalue weighted by molar-refractivity contribution is -0.307. The first-order chi connectivity index (χ1) is 15.7. The SMILES string of the molecule is Cc1cc(/C=C/c2ccc(/C=C/c3ccccc3)cc2)n2c1C(CCN)=C1C=CC=[N+]1[B]2. The summed E-state index contributed by atoms with van der Waals surface area (Å²) in [6.07, 6.45) is 15.9. The molecule has 32 heavy (non-hydrogen) atoms. The average Bonchev–Trinajstić information content (AvgIpc) is 3.42. The Hall–Kier alpha value is -3.63. The largest absolute Gasteiger partial charge is 0.699 e. The van der Waals surface area contributed by atoms with Crippen molar-refractivity contribution in [2.75, 3.05) is 6.54 Å². The predicted molar refractivity (Wildman–Crippen MR) is 137 cm³/mol. The zero-order valence-corrected chi connectivity index (χ0v) is 18.3. The Kier molecular flexibility index (Phi) is 5.61. The van der Waals surface area contributed by atoms with E-state index in [2.05, 4.69) is 121 Å². The summed E-state index contributed by atoms with van der Waals surface area (Å²) in [5.74, 6) is 0. The molecule has 0 amide bonds. The van der Waals surface area contributed by atoms with Crippen LogP contribution in [0.25, 0.3) is 29.9 Å². The van der Waals surface area contributed by atoms with Crippen LogP contribution >= 0.6 is 0 Å². The summed E-state index contributed by atoms with van der Waals surface area (Å²) in [4.78, 5) is 0. The highest BCUT2D eigenvalue weighted by molar-refractivity contribution is 6.28. The summed E-state index contributed by atoms with van der Waals surface area (Å²) in [5, 5.41) is 0. The summed E-state index contributed by atoms with van der Waals surface area (Å²) >= 11 is 0. The molecule has 3 nitrogen and oxygen atoms in total. The molecule has 0 saturated carbocycles. The van der Waals surface area contributed by atoms with Crippen molar-refractivity contribution in [1.82, 2.24) is 4.48 Å². The minimum Gasteiger partial charge on any atom is -0.330 e. The zero-order valence-electron chi connectivity index (χ0n) is 18.3. The molecule has 0 bridgehead atoms. The molecule has 0 aliphatic carbocycles. The molecule has 0 unspecified atom stereocenters. The van der Waals surface area contributed by atoms with Crippen LogP contribution in [0.4, 0.5) is 0 Å². The molecule has 4 heteroatoms. The molecule has 3 aromatic rings. The Morgan fingerprint density at radius 1 is 0.906 bits per heavy atom. The van der Waals surface area contributed by atoms with Crippen molar-refractivity contribution in [1.29, 1.82) is 0 Å². The Morgan fingerprint density at radius 2 is 1.56 bits per heavy atom. The van der Waals surface area contributed by atoms with Crippen LogP contribution in [0.15, 0.2) is 78.5 Å². The van der Waals surface area contributed by atoms with Crippen LogP contribution in [0.3, 0.4) is 0 Å². The van der Waals surface area contributed by atoms with Gasteiger partial charge in [-0.2, -0.15) is 0 Å². The van der Waals surface area contributed by atoms with Gasteiger partial charge in [0.15, 0.2) is 5.70 Å². The molecule has 155 valence electrons. The van der Waals surface area contributed by atoms with Gasteiger partial charge in [-0.25, -0.2) is 0 Å². The van der Waals surface area contributed by atoms with Gasteiger partial charge in [0.1, 0.15) is 6.21 Å². The number of fused-ring (bicyclic) bond motifs is 2. The number of nitrogens with zero attached hydrogens (tertiary/aromatic N) is 2. The molecule has 0 atom stereocenters. The Balaban J connectivity index is 1.38. The van der Waals surface area contributed by atoms with Crippen LogP contribution in [-0.4, -0.2) is 29.3 Å². The molecule has 2 aliphatic rings. The number of benzene rings is 2. The molecule has 2 N–H and O–H groups in total. The molecule has 1 radical (unpaired) electrons. The van der Waals surface area contributed by atoms with E-state index in [1.807, 2.05) is 6.07 Å². The third kappa shape index (κ3) is 3.97. The topological polar surface area (TPSA) is 34.0 Å². The summed E-state index contributed by atoms with van der Waals surface area (Å²) in [6.45, 7) is 2.82. The van der Waals surface area contributed by atoms with E-state index in [1.165, 1.54) is 44.9 Å². The van der Waals surface area contributed by atoms with Crippen LogP contribution in [0.2, 0.25) is 0 Å². The highest BCUT2D eigenvalue weighted by Gasteiger charge is 2.34. The average molecular weight is 415 g/mol. The first kappa shape index (κ1) is 20.3. The lowest BCUT2D eigenvalue weighted by Gasteiger charge is -2.18. The van der Waals surface area contributed by atoms with Gasteiger partial charge in [0, 0.05) is 29.1 Å². The van der Waals surface area contributed by atoms with Gasteiger partial charge in [-0.15, -0.1) is 0 Å². The molecule has 0 saturated heterocycles. The van der Waals surface area contributed by atoms with Gasteiger partial charge in [-0.05, 0) is 54.3 Å². The molecule has 0 spiro atoms. The van der Waals surface area contributed by atoms with Gasteiger partial charge in [-0.1, -0.05) is 72.8 Å². The monoisotopic (exact) mass is 415 g/mol. The van der Waals surface area contributed by atoms with Crippen LogP contribution in [-0.2, 0) is 0 Å². The molecule has 1 aromatic heterocycles. The van der Waals surface area contributed by atoms with E-state index in [4.69, 9.17) is 5.73 Å². The maximum Gasteiger partial charge on any atom is 0.699 e. The van der Waals surface area contributed by atoms with Crippen LogP contribution < -0.4 is 5.73 Å². The Bertz CT molecular complexity index is 1290. The normalized spacial score (nSPS) is 14.8. The van der Waals surface area contributed by atoms with Crippen LogP contribution in [0.1, 0.15) is 40.1 Å². The fraction of sp³-hybridized carbons (Fsp3) is 0.107. The second kappa shape index (κ2) is 8.85.